The molecule has 0 aliphatic heterocycles. The van der Waals surface area contributed by atoms with Crippen LogP contribution < -0.4 is 0 Å². The number of aliphatic hydroxyl groups excluding tert-OH is 1. The molecule has 0 saturated heterocycles. The van der Waals surface area contributed by atoms with E-state index in [-0.39, 0.29) is 26.4 Å². The van der Waals surface area contributed by atoms with Gasteiger partial charge in [0.15, 0.2) is 5.78 Å². The molecule has 0 aliphatic carbocycles. The molecule has 0 aromatic rings. The van der Waals surface area contributed by atoms with E-state index in [1.165, 1.54) is 6.92 Å². The number of carbonyl (C=O) groups excluding carboxylic acids is 2. The van der Waals surface area contributed by atoms with Crippen molar-refractivity contribution in [3.05, 3.63) is 0 Å². The summed E-state index contributed by atoms with van der Waals surface area (Å²) in [7, 11) is 0. The van der Waals surface area contributed by atoms with Crippen LogP contribution in [0.15, 0.2) is 0 Å². The van der Waals surface area contributed by atoms with Gasteiger partial charge in [-0.25, -0.2) is 0 Å². The summed E-state index contributed by atoms with van der Waals surface area (Å²) < 4.78 is 0. The summed E-state index contributed by atoms with van der Waals surface area (Å²) in [4.78, 5) is 20.2. The molecule has 1 atom stereocenters. The van der Waals surface area contributed by atoms with Crippen LogP contribution >= 0.6 is 0 Å². The summed E-state index contributed by atoms with van der Waals surface area (Å²) in [6.45, 7) is 6.77. The van der Waals surface area contributed by atoms with Gasteiger partial charge >= 0.3 is 0 Å². The second-order valence-corrected chi connectivity index (χ2v) is 2.99. The minimum absolute atomic E-state index is 0. The van der Waals surface area contributed by atoms with Gasteiger partial charge in [0.1, 0.15) is 11.9 Å². The van der Waals surface area contributed by atoms with Crippen LogP contribution in [-0.2, 0) is 9.59 Å². The predicted octanol–water partition coefficient (Wildman–Crippen LogP) is 2.99. The van der Waals surface area contributed by atoms with E-state index in [1.54, 1.807) is 13.8 Å². The van der Waals surface area contributed by atoms with Gasteiger partial charge < -0.3 is 9.90 Å². The lowest BCUT2D eigenvalue weighted by Crippen LogP contribution is -2.14. The van der Waals surface area contributed by atoms with Crippen molar-refractivity contribution in [1.29, 1.82) is 0 Å². The third kappa shape index (κ3) is 24.7. The Morgan fingerprint density at radius 2 is 1.53 bits per heavy atom. The van der Waals surface area contributed by atoms with E-state index < -0.39 is 6.10 Å². The normalized spacial score (nSPS) is 9.67. The Bertz CT molecular complexity index is 153. The Balaban J connectivity index is -0.0000000718. The Kier molecular flexibility index (Phi) is 25.0. The molecule has 3 heteroatoms. The van der Waals surface area contributed by atoms with Gasteiger partial charge in [-0.1, -0.05) is 28.7 Å². The van der Waals surface area contributed by atoms with Crippen molar-refractivity contribution < 1.29 is 14.7 Å². The molecule has 94 valence electrons. The van der Waals surface area contributed by atoms with Gasteiger partial charge in [0.05, 0.1) is 0 Å². The summed E-state index contributed by atoms with van der Waals surface area (Å²) in [5, 5.41) is 8.59. The van der Waals surface area contributed by atoms with Crippen LogP contribution in [0.3, 0.4) is 0 Å². The molecular weight excluding hydrogens is 192 g/mol. The van der Waals surface area contributed by atoms with E-state index in [0.29, 0.717) is 6.42 Å². The lowest BCUT2D eigenvalue weighted by atomic mass is 10.2. The molecule has 1 N–H and O–H groups in total. The first-order valence-corrected chi connectivity index (χ1v) is 4.63. The third-order valence-corrected chi connectivity index (χ3v) is 1.46. The molecule has 0 radical (unpaired) electrons. The number of carbonyl (C=O) groups is 2. The largest absolute Gasteiger partial charge is 0.385 e. The average Bonchev–Trinajstić information content (AvgIpc) is 2.03. The van der Waals surface area contributed by atoms with Crippen molar-refractivity contribution in [3.63, 3.8) is 0 Å². The Labute approximate surface area is 94.9 Å². The zero-order valence-electron chi connectivity index (χ0n) is 8.96. The van der Waals surface area contributed by atoms with Gasteiger partial charge in [-0.15, -0.1) is 0 Å². The van der Waals surface area contributed by atoms with E-state index in [4.69, 9.17) is 5.11 Å². The van der Waals surface area contributed by atoms with Crippen LogP contribution in [-0.4, -0.2) is 22.8 Å². The van der Waals surface area contributed by atoms with E-state index in [0.717, 1.165) is 12.8 Å². The van der Waals surface area contributed by atoms with Gasteiger partial charge in [-0.2, -0.15) is 0 Å². The maximum atomic E-state index is 10.1. The summed E-state index contributed by atoms with van der Waals surface area (Å²) in [6, 6.07) is 0. The first-order chi connectivity index (χ1) is 5.95. The second-order valence-electron chi connectivity index (χ2n) is 2.99. The molecular formula is C12H28O3. The number of hydrogen-bond donors (Lipinski definition) is 1. The fraction of sp³-hybridized carbons (Fsp3) is 0.833. The van der Waals surface area contributed by atoms with Crippen molar-refractivity contribution >= 4 is 11.6 Å². The molecule has 1 unspecified atom stereocenters. The lowest BCUT2D eigenvalue weighted by Gasteiger charge is -1.97. The Morgan fingerprint density at radius 1 is 1.13 bits per heavy atom. The molecule has 0 amide bonds. The zero-order valence-corrected chi connectivity index (χ0v) is 8.96. The van der Waals surface area contributed by atoms with Crippen molar-refractivity contribution in [2.75, 3.05) is 0 Å². The van der Waals surface area contributed by atoms with E-state index in [2.05, 4.69) is 0 Å². The number of rotatable bonds is 4. The summed E-state index contributed by atoms with van der Waals surface area (Å²) in [5.41, 5.74) is 0. The summed E-state index contributed by atoms with van der Waals surface area (Å²) >= 11 is 0. The highest BCUT2D eigenvalue weighted by molar-refractivity contribution is 5.79. The minimum Gasteiger partial charge on any atom is -0.385 e. The zero-order chi connectivity index (χ0) is 10.9. The first-order valence-electron chi connectivity index (χ1n) is 4.63. The van der Waals surface area contributed by atoms with Gasteiger partial charge in [0.25, 0.3) is 0 Å². The highest BCUT2D eigenvalue weighted by Gasteiger charge is 2.03. The molecule has 15 heavy (non-hydrogen) atoms. The van der Waals surface area contributed by atoms with Crippen molar-refractivity contribution in [1.82, 2.24) is 0 Å². The first kappa shape index (κ1) is 23.8. The monoisotopic (exact) mass is 220 g/mol. The molecule has 0 aliphatic rings. The highest BCUT2D eigenvalue weighted by atomic mass is 16.3. The van der Waals surface area contributed by atoms with E-state index in [9.17, 15) is 9.59 Å². The van der Waals surface area contributed by atoms with Crippen LogP contribution in [0.2, 0.25) is 0 Å². The summed E-state index contributed by atoms with van der Waals surface area (Å²) in [5.74, 6) is 0.139. The smallest absolute Gasteiger partial charge is 0.158 e. The molecule has 0 rings (SSSR count). The molecule has 0 fully saturated rings. The Hall–Kier alpha value is -0.700. The fourth-order valence-corrected chi connectivity index (χ4v) is 0.640. The van der Waals surface area contributed by atoms with E-state index >= 15 is 0 Å². The maximum Gasteiger partial charge on any atom is 0.158 e. The highest BCUT2D eigenvalue weighted by Crippen LogP contribution is 1.88. The quantitative estimate of drug-likeness (QED) is 0.792. The van der Waals surface area contributed by atoms with Crippen molar-refractivity contribution in [2.24, 2.45) is 0 Å². The molecule has 0 spiro atoms. The van der Waals surface area contributed by atoms with Crippen LogP contribution in [0.25, 0.3) is 0 Å². The van der Waals surface area contributed by atoms with E-state index in [1.807, 2.05) is 6.92 Å². The molecule has 3 nitrogen and oxygen atoms in total. The van der Waals surface area contributed by atoms with Gasteiger partial charge in [0, 0.05) is 6.42 Å². The molecule has 0 aromatic carbocycles. The van der Waals surface area contributed by atoms with Gasteiger partial charge in [0.2, 0.25) is 0 Å². The van der Waals surface area contributed by atoms with Crippen molar-refractivity contribution in [2.45, 2.75) is 67.9 Å². The predicted molar refractivity (Wildman–Crippen MR) is 66.0 cm³/mol. The van der Waals surface area contributed by atoms with Crippen LogP contribution in [0.5, 0.6) is 0 Å². The molecule has 0 bridgehead atoms. The number of aliphatic hydroxyl groups is 1. The SMILES string of the molecule is C.C.CCC(O)C(C)=O.CCCC(C)=O. The van der Waals surface area contributed by atoms with Crippen molar-refractivity contribution in [3.8, 4) is 0 Å². The maximum absolute atomic E-state index is 10.1. The average molecular weight is 220 g/mol. The topological polar surface area (TPSA) is 54.4 Å². The third-order valence-electron chi connectivity index (χ3n) is 1.46. The Morgan fingerprint density at radius 3 is 1.53 bits per heavy atom. The molecule has 0 heterocycles. The second kappa shape index (κ2) is 15.8. The summed E-state index contributed by atoms with van der Waals surface area (Å²) in [6.07, 6.45) is 1.50. The minimum atomic E-state index is -0.736. The number of hydrogen-bond acceptors (Lipinski definition) is 3. The lowest BCUT2D eigenvalue weighted by molar-refractivity contribution is -0.125. The van der Waals surface area contributed by atoms with Gasteiger partial charge in [-0.05, 0) is 26.7 Å². The van der Waals surface area contributed by atoms with Crippen LogP contribution in [0.1, 0.15) is 61.8 Å². The number of Topliss-reactive ketones (excluding diaryl/α,β-unsaturated/α-hetero) is 2. The van der Waals surface area contributed by atoms with Crippen LogP contribution in [0, 0.1) is 0 Å². The van der Waals surface area contributed by atoms with Gasteiger partial charge in [-0.3, -0.25) is 4.79 Å². The molecule has 0 aromatic heterocycles. The molecule has 0 saturated carbocycles. The van der Waals surface area contributed by atoms with Crippen LogP contribution in [0.4, 0.5) is 0 Å². The fourth-order valence-electron chi connectivity index (χ4n) is 0.640. The standard InChI is InChI=1S/C5H10O2.C5H10O.2CH4/c1-3-5(7)4(2)6;1-3-4-5(2)6;;/h5,7H,3H2,1-2H3;3-4H2,1-2H3;2*1H4. The number of ketones is 2.